The molecule has 0 saturated heterocycles. The van der Waals surface area contributed by atoms with Crippen LogP contribution in [0.4, 0.5) is 11.4 Å². The molecule has 1 amide bonds. The predicted molar refractivity (Wildman–Crippen MR) is 113 cm³/mol. The second-order valence-electron chi connectivity index (χ2n) is 6.54. The lowest BCUT2D eigenvalue weighted by Crippen LogP contribution is -2.33. The van der Waals surface area contributed by atoms with Crippen LogP contribution in [0, 0.1) is 0 Å². The van der Waals surface area contributed by atoms with Gasteiger partial charge >= 0.3 is 0 Å². The van der Waals surface area contributed by atoms with E-state index in [1.165, 1.54) is 0 Å². The van der Waals surface area contributed by atoms with Gasteiger partial charge in [-0.05, 0) is 55.4 Å². The number of halogens is 1. The average Bonchev–Trinajstić information content (AvgIpc) is 2.68. The summed E-state index contributed by atoms with van der Waals surface area (Å²) in [5.41, 5.74) is 8.90. The molecule has 6 heteroatoms. The van der Waals surface area contributed by atoms with Gasteiger partial charge in [0.1, 0.15) is 0 Å². The summed E-state index contributed by atoms with van der Waals surface area (Å²) in [5.74, 6) is -0.0606. The molecule has 0 aliphatic heterocycles. The minimum absolute atomic E-state index is 0.0606. The van der Waals surface area contributed by atoms with Gasteiger partial charge in [-0.1, -0.05) is 17.7 Å². The van der Waals surface area contributed by atoms with Gasteiger partial charge in [-0.15, -0.1) is 0 Å². The van der Waals surface area contributed by atoms with Crippen LogP contribution in [-0.4, -0.2) is 38.1 Å². The molecule has 0 aliphatic rings. The first-order valence-electron chi connectivity index (χ1n) is 8.85. The van der Waals surface area contributed by atoms with Crippen molar-refractivity contribution < 1.29 is 4.79 Å². The Morgan fingerprint density at radius 3 is 2.70 bits per heavy atom. The standard InChI is InChI=1S/C21H23ClN4O/c1-25(2)17-6-3-5-15(13-17)21(27)26(12-4-10-23)20-9-11-24-19-14-16(22)7-8-18(19)20/h3,5-9,11,13-14H,4,10,12,23H2,1-2H3. The smallest absolute Gasteiger partial charge is 0.258 e. The number of anilines is 2. The van der Waals surface area contributed by atoms with Gasteiger partial charge in [0, 0.05) is 48.5 Å². The zero-order chi connectivity index (χ0) is 19.4. The van der Waals surface area contributed by atoms with Crippen molar-refractivity contribution in [2.45, 2.75) is 6.42 Å². The normalized spacial score (nSPS) is 10.8. The molecular weight excluding hydrogens is 360 g/mol. The summed E-state index contributed by atoms with van der Waals surface area (Å²) in [5, 5.41) is 1.50. The van der Waals surface area contributed by atoms with Crippen molar-refractivity contribution in [2.75, 3.05) is 37.0 Å². The molecule has 0 spiro atoms. The van der Waals surface area contributed by atoms with Crippen molar-refractivity contribution in [3.8, 4) is 0 Å². The van der Waals surface area contributed by atoms with E-state index in [0.29, 0.717) is 30.1 Å². The summed E-state index contributed by atoms with van der Waals surface area (Å²) in [6, 6.07) is 15.0. The van der Waals surface area contributed by atoms with Crippen LogP contribution in [0.25, 0.3) is 10.9 Å². The number of aromatic nitrogens is 1. The molecule has 2 aromatic carbocycles. The lowest BCUT2D eigenvalue weighted by Gasteiger charge is -2.25. The Morgan fingerprint density at radius 1 is 1.15 bits per heavy atom. The number of amides is 1. The van der Waals surface area contributed by atoms with Crippen molar-refractivity contribution in [2.24, 2.45) is 5.73 Å². The van der Waals surface area contributed by atoms with Crippen molar-refractivity contribution in [3.05, 3.63) is 65.3 Å². The van der Waals surface area contributed by atoms with Crippen molar-refractivity contribution in [1.29, 1.82) is 0 Å². The third-order valence-corrected chi connectivity index (χ3v) is 4.65. The Labute approximate surface area is 164 Å². The fraction of sp³-hybridized carbons (Fsp3) is 0.238. The van der Waals surface area contributed by atoms with Gasteiger partial charge in [0.15, 0.2) is 0 Å². The zero-order valence-electron chi connectivity index (χ0n) is 15.5. The van der Waals surface area contributed by atoms with E-state index in [1.54, 1.807) is 17.2 Å². The molecule has 1 aromatic heterocycles. The largest absolute Gasteiger partial charge is 0.378 e. The quantitative estimate of drug-likeness (QED) is 0.701. The van der Waals surface area contributed by atoms with Crippen molar-refractivity contribution >= 4 is 39.8 Å². The molecule has 0 aliphatic carbocycles. The SMILES string of the molecule is CN(C)c1cccc(C(=O)N(CCCN)c2ccnc3cc(Cl)ccc23)c1. The lowest BCUT2D eigenvalue weighted by molar-refractivity contribution is 0.0987. The predicted octanol–water partition coefficient (Wildman–Crippen LogP) is 3.95. The summed E-state index contributed by atoms with van der Waals surface area (Å²) in [7, 11) is 3.91. The van der Waals surface area contributed by atoms with E-state index in [1.807, 2.05) is 61.5 Å². The number of hydrogen-bond acceptors (Lipinski definition) is 4. The van der Waals surface area contributed by atoms with Crippen molar-refractivity contribution in [3.63, 3.8) is 0 Å². The van der Waals surface area contributed by atoms with Gasteiger partial charge in [-0.3, -0.25) is 9.78 Å². The Bertz CT molecular complexity index is 958. The highest BCUT2D eigenvalue weighted by molar-refractivity contribution is 6.31. The highest BCUT2D eigenvalue weighted by Crippen LogP contribution is 2.29. The molecule has 0 unspecified atom stereocenters. The number of nitrogens with two attached hydrogens (primary N) is 1. The van der Waals surface area contributed by atoms with Gasteiger partial charge < -0.3 is 15.5 Å². The van der Waals surface area contributed by atoms with Crippen LogP contribution < -0.4 is 15.5 Å². The summed E-state index contributed by atoms with van der Waals surface area (Å²) in [6.07, 6.45) is 2.41. The molecule has 27 heavy (non-hydrogen) atoms. The molecule has 0 atom stereocenters. The molecule has 140 valence electrons. The van der Waals surface area contributed by atoms with Crippen molar-refractivity contribution in [1.82, 2.24) is 4.98 Å². The van der Waals surface area contributed by atoms with Crippen LogP contribution in [0.5, 0.6) is 0 Å². The van der Waals surface area contributed by atoms with E-state index < -0.39 is 0 Å². The molecule has 0 saturated carbocycles. The van der Waals surface area contributed by atoms with E-state index in [2.05, 4.69) is 4.98 Å². The Balaban J connectivity index is 2.07. The van der Waals surface area contributed by atoms with Crippen LogP contribution in [0.1, 0.15) is 16.8 Å². The second kappa shape index (κ2) is 8.37. The maximum atomic E-state index is 13.4. The number of hydrogen-bond donors (Lipinski definition) is 1. The molecule has 3 rings (SSSR count). The number of fused-ring (bicyclic) bond motifs is 1. The Kier molecular flexibility index (Phi) is 5.94. The second-order valence-corrected chi connectivity index (χ2v) is 6.97. The fourth-order valence-corrected chi connectivity index (χ4v) is 3.16. The highest BCUT2D eigenvalue weighted by Gasteiger charge is 2.20. The number of carbonyl (C=O) groups excluding carboxylic acids is 1. The maximum Gasteiger partial charge on any atom is 0.258 e. The number of nitrogens with zero attached hydrogens (tertiary/aromatic N) is 3. The van der Waals surface area contributed by atoms with Crippen LogP contribution in [0.3, 0.4) is 0 Å². The number of pyridine rings is 1. The molecule has 5 nitrogen and oxygen atoms in total. The monoisotopic (exact) mass is 382 g/mol. The Morgan fingerprint density at radius 2 is 1.96 bits per heavy atom. The zero-order valence-corrected chi connectivity index (χ0v) is 16.3. The molecular formula is C21H23ClN4O. The minimum Gasteiger partial charge on any atom is -0.378 e. The van der Waals surface area contributed by atoms with Gasteiger partial charge in [0.2, 0.25) is 0 Å². The topological polar surface area (TPSA) is 62.5 Å². The van der Waals surface area contributed by atoms with E-state index in [4.69, 9.17) is 17.3 Å². The third-order valence-electron chi connectivity index (χ3n) is 4.41. The van der Waals surface area contributed by atoms with Crippen LogP contribution in [0.2, 0.25) is 5.02 Å². The lowest BCUT2D eigenvalue weighted by atomic mass is 10.1. The molecule has 3 aromatic rings. The number of carbonyl (C=O) groups is 1. The van der Waals surface area contributed by atoms with Crippen LogP contribution in [-0.2, 0) is 0 Å². The molecule has 2 N–H and O–H groups in total. The maximum absolute atomic E-state index is 13.4. The van der Waals surface area contributed by atoms with E-state index in [-0.39, 0.29) is 5.91 Å². The molecule has 1 heterocycles. The fourth-order valence-electron chi connectivity index (χ4n) is 3.00. The summed E-state index contributed by atoms with van der Waals surface area (Å²) >= 11 is 6.10. The summed E-state index contributed by atoms with van der Waals surface area (Å²) < 4.78 is 0. The first-order valence-corrected chi connectivity index (χ1v) is 9.22. The van der Waals surface area contributed by atoms with Crippen LogP contribution >= 0.6 is 11.6 Å². The van der Waals surface area contributed by atoms with Gasteiger partial charge in [0.05, 0.1) is 11.2 Å². The van der Waals surface area contributed by atoms with E-state index in [9.17, 15) is 4.79 Å². The first kappa shape index (κ1) is 19.1. The summed E-state index contributed by atoms with van der Waals surface area (Å²) in [4.78, 5) is 21.5. The highest BCUT2D eigenvalue weighted by atomic mass is 35.5. The molecule has 0 bridgehead atoms. The molecule has 0 radical (unpaired) electrons. The van der Waals surface area contributed by atoms with Gasteiger partial charge in [-0.25, -0.2) is 0 Å². The van der Waals surface area contributed by atoms with E-state index >= 15 is 0 Å². The van der Waals surface area contributed by atoms with Crippen LogP contribution in [0.15, 0.2) is 54.7 Å². The van der Waals surface area contributed by atoms with Gasteiger partial charge in [-0.2, -0.15) is 0 Å². The third kappa shape index (κ3) is 4.21. The first-order chi connectivity index (χ1) is 13.0. The number of rotatable bonds is 6. The average molecular weight is 383 g/mol. The minimum atomic E-state index is -0.0606. The Hall–Kier alpha value is -2.63. The number of benzene rings is 2. The van der Waals surface area contributed by atoms with E-state index in [0.717, 1.165) is 22.3 Å². The molecule has 0 fully saturated rings. The summed E-state index contributed by atoms with van der Waals surface area (Å²) in [6.45, 7) is 1.04. The van der Waals surface area contributed by atoms with Gasteiger partial charge in [0.25, 0.3) is 5.91 Å².